The number of nitrogens with zero attached hydrogens (tertiary/aromatic N) is 1. The van der Waals surface area contributed by atoms with Gasteiger partial charge in [-0.15, -0.1) is 0 Å². The molecule has 0 aliphatic heterocycles. The molecule has 31 heavy (non-hydrogen) atoms. The van der Waals surface area contributed by atoms with Gasteiger partial charge in [0.05, 0.1) is 12.0 Å². The number of aromatic carboxylic acids is 1. The summed E-state index contributed by atoms with van der Waals surface area (Å²) >= 11 is 6.04. The Labute approximate surface area is 183 Å². The largest absolute Gasteiger partial charge is 0.481 e. The summed E-state index contributed by atoms with van der Waals surface area (Å²) in [6, 6.07) is 16.7. The summed E-state index contributed by atoms with van der Waals surface area (Å²) in [5.74, 6) is -2.88. The zero-order valence-corrected chi connectivity index (χ0v) is 17.0. The number of hydrogen-bond acceptors (Lipinski definition) is 4. The van der Waals surface area contributed by atoms with Gasteiger partial charge in [0.1, 0.15) is 5.69 Å². The molecule has 0 spiro atoms. The Hall–Kier alpha value is -3.71. The molecule has 8 heteroatoms. The lowest BCUT2D eigenvalue weighted by Gasteiger charge is -2.17. The Kier molecular flexibility index (Phi) is 6.99. The number of carbonyl (C=O) groups excluding carboxylic acids is 1. The quantitative estimate of drug-likeness (QED) is 0.491. The first kappa shape index (κ1) is 22.0. The lowest BCUT2D eigenvalue weighted by Crippen LogP contribution is -2.38. The average Bonchev–Trinajstić information content (AvgIpc) is 2.74. The van der Waals surface area contributed by atoms with E-state index in [9.17, 15) is 19.5 Å². The molecule has 3 aromatic rings. The Bertz CT molecular complexity index is 1110. The van der Waals surface area contributed by atoms with Gasteiger partial charge < -0.3 is 15.5 Å². The molecule has 0 fully saturated rings. The molecule has 7 nitrogen and oxygen atoms in total. The van der Waals surface area contributed by atoms with Crippen molar-refractivity contribution in [3.8, 4) is 11.1 Å². The third kappa shape index (κ3) is 6.13. The van der Waals surface area contributed by atoms with E-state index in [-0.39, 0.29) is 24.1 Å². The van der Waals surface area contributed by atoms with E-state index in [1.807, 2.05) is 42.5 Å². The summed E-state index contributed by atoms with van der Waals surface area (Å²) in [7, 11) is 0. The second kappa shape index (κ2) is 9.86. The van der Waals surface area contributed by atoms with Crippen molar-refractivity contribution in [1.29, 1.82) is 0 Å². The number of benzene rings is 2. The molecular formula is C23H19ClN2O5. The number of rotatable bonds is 8. The van der Waals surface area contributed by atoms with Crippen LogP contribution >= 0.6 is 11.6 Å². The molecule has 0 unspecified atom stereocenters. The van der Waals surface area contributed by atoms with Gasteiger partial charge in [-0.3, -0.25) is 14.6 Å². The van der Waals surface area contributed by atoms with E-state index < -0.39 is 23.9 Å². The minimum atomic E-state index is -1.18. The van der Waals surface area contributed by atoms with Crippen LogP contribution in [-0.4, -0.2) is 39.1 Å². The summed E-state index contributed by atoms with van der Waals surface area (Å²) in [5, 5.41) is 21.6. The number of pyridine rings is 1. The number of halogens is 1. The maximum absolute atomic E-state index is 12.5. The van der Waals surface area contributed by atoms with E-state index in [4.69, 9.17) is 16.7 Å². The van der Waals surface area contributed by atoms with E-state index in [0.29, 0.717) is 5.02 Å². The van der Waals surface area contributed by atoms with E-state index in [2.05, 4.69) is 10.3 Å². The van der Waals surface area contributed by atoms with Gasteiger partial charge in [0.2, 0.25) is 0 Å². The molecule has 0 saturated carbocycles. The van der Waals surface area contributed by atoms with Crippen LogP contribution in [0.1, 0.15) is 32.8 Å². The van der Waals surface area contributed by atoms with Crippen molar-refractivity contribution in [2.45, 2.75) is 18.9 Å². The van der Waals surface area contributed by atoms with Crippen molar-refractivity contribution in [3.63, 3.8) is 0 Å². The highest BCUT2D eigenvalue weighted by molar-refractivity contribution is 6.30. The molecule has 0 aliphatic rings. The Morgan fingerprint density at radius 3 is 2.35 bits per heavy atom. The van der Waals surface area contributed by atoms with Gasteiger partial charge in [0, 0.05) is 17.3 Å². The Morgan fingerprint density at radius 1 is 0.968 bits per heavy atom. The van der Waals surface area contributed by atoms with Gasteiger partial charge in [-0.1, -0.05) is 48.0 Å². The van der Waals surface area contributed by atoms with E-state index in [1.165, 1.54) is 12.3 Å². The molecule has 1 atom stereocenters. The Morgan fingerprint density at radius 2 is 1.71 bits per heavy atom. The lowest BCUT2D eigenvalue weighted by molar-refractivity contribution is -0.137. The number of nitrogens with one attached hydrogen (secondary N) is 1. The average molecular weight is 439 g/mol. The molecule has 1 aromatic heterocycles. The SMILES string of the molecule is O=C(O)C[C@@H](Cc1ccc(-c2cccc(Cl)c2)cc1)NC(=O)c1cc(C(=O)O)ccn1. The molecule has 3 N–H and O–H groups in total. The first-order chi connectivity index (χ1) is 14.8. The highest BCUT2D eigenvalue weighted by Gasteiger charge is 2.19. The molecule has 1 heterocycles. The lowest BCUT2D eigenvalue weighted by atomic mass is 9.99. The van der Waals surface area contributed by atoms with Crippen molar-refractivity contribution in [2.24, 2.45) is 0 Å². The molecule has 0 radical (unpaired) electrons. The third-order valence-corrected chi connectivity index (χ3v) is 4.82. The topological polar surface area (TPSA) is 117 Å². The number of carboxylic acids is 2. The highest BCUT2D eigenvalue weighted by atomic mass is 35.5. The first-order valence-electron chi connectivity index (χ1n) is 9.38. The van der Waals surface area contributed by atoms with Crippen molar-refractivity contribution < 1.29 is 24.6 Å². The second-order valence-electron chi connectivity index (χ2n) is 6.91. The Balaban J connectivity index is 1.74. The van der Waals surface area contributed by atoms with Crippen molar-refractivity contribution in [3.05, 3.63) is 88.7 Å². The van der Waals surface area contributed by atoms with Crippen LogP contribution in [0.2, 0.25) is 5.02 Å². The smallest absolute Gasteiger partial charge is 0.335 e. The van der Waals surface area contributed by atoms with Crippen LogP contribution in [0.4, 0.5) is 0 Å². The zero-order valence-electron chi connectivity index (χ0n) is 16.3. The number of amides is 1. The molecule has 0 aliphatic carbocycles. The summed E-state index contributed by atoms with van der Waals surface area (Å²) < 4.78 is 0. The predicted molar refractivity (Wildman–Crippen MR) is 115 cm³/mol. The minimum Gasteiger partial charge on any atom is -0.481 e. The van der Waals surface area contributed by atoms with Gasteiger partial charge >= 0.3 is 11.9 Å². The van der Waals surface area contributed by atoms with Crippen LogP contribution in [0.5, 0.6) is 0 Å². The van der Waals surface area contributed by atoms with E-state index in [0.717, 1.165) is 22.8 Å². The van der Waals surface area contributed by atoms with Gasteiger partial charge in [-0.25, -0.2) is 4.79 Å². The second-order valence-corrected chi connectivity index (χ2v) is 7.35. The van der Waals surface area contributed by atoms with Crippen molar-refractivity contribution in [2.75, 3.05) is 0 Å². The fraction of sp³-hybridized carbons (Fsp3) is 0.130. The summed E-state index contributed by atoms with van der Waals surface area (Å²) in [6.45, 7) is 0. The monoisotopic (exact) mass is 438 g/mol. The fourth-order valence-corrected chi connectivity index (χ4v) is 3.31. The molecule has 2 aromatic carbocycles. The molecule has 0 bridgehead atoms. The zero-order chi connectivity index (χ0) is 22.4. The van der Waals surface area contributed by atoms with Gasteiger partial charge in [-0.2, -0.15) is 0 Å². The number of carbonyl (C=O) groups is 3. The van der Waals surface area contributed by atoms with Gasteiger partial charge in [-0.05, 0) is 47.4 Å². The molecule has 1 amide bonds. The van der Waals surface area contributed by atoms with Crippen LogP contribution < -0.4 is 5.32 Å². The fourth-order valence-electron chi connectivity index (χ4n) is 3.12. The van der Waals surface area contributed by atoms with E-state index >= 15 is 0 Å². The minimum absolute atomic E-state index is 0.0773. The number of aliphatic carboxylic acids is 1. The summed E-state index contributed by atoms with van der Waals surface area (Å²) in [5.41, 5.74) is 2.58. The maximum atomic E-state index is 12.5. The van der Waals surface area contributed by atoms with Crippen LogP contribution in [0.3, 0.4) is 0 Å². The van der Waals surface area contributed by atoms with E-state index in [1.54, 1.807) is 6.07 Å². The van der Waals surface area contributed by atoms with Crippen LogP contribution in [-0.2, 0) is 11.2 Å². The number of hydrogen-bond donors (Lipinski definition) is 3. The van der Waals surface area contributed by atoms with Crippen LogP contribution in [0, 0.1) is 0 Å². The molecule has 158 valence electrons. The standard InChI is InChI=1S/C23H19ClN2O5/c24-18-3-1-2-16(11-18)15-6-4-14(5-7-15)10-19(13-21(27)28)26-22(29)20-12-17(23(30)31)8-9-25-20/h1-9,11-12,19H,10,13H2,(H,26,29)(H,27,28)(H,30,31)/t19-/m1/s1. The molecule has 0 saturated heterocycles. The van der Waals surface area contributed by atoms with Crippen LogP contribution in [0.15, 0.2) is 66.9 Å². The highest BCUT2D eigenvalue weighted by Crippen LogP contribution is 2.23. The normalized spacial score (nSPS) is 11.5. The molecule has 3 rings (SSSR count). The maximum Gasteiger partial charge on any atom is 0.335 e. The predicted octanol–water partition coefficient (Wildman–Crippen LogP) is 3.92. The molecular weight excluding hydrogens is 420 g/mol. The summed E-state index contributed by atoms with van der Waals surface area (Å²) in [6.07, 6.45) is 1.21. The third-order valence-electron chi connectivity index (χ3n) is 4.59. The van der Waals surface area contributed by atoms with Crippen molar-refractivity contribution >= 4 is 29.4 Å². The number of aromatic nitrogens is 1. The van der Waals surface area contributed by atoms with Crippen LogP contribution in [0.25, 0.3) is 11.1 Å². The summed E-state index contributed by atoms with van der Waals surface area (Å²) in [4.78, 5) is 38.7. The van der Waals surface area contributed by atoms with Gasteiger partial charge in [0.25, 0.3) is 5.91 Å². The first-order valence-corrected chi connectivity index (χ1v) is 9.76. The number of carboxylic acid groups (broad SMARTS) is 2. The van der Waals surface area contributed by atoms with Gasteiger partial charge in [0.15, 0.2) is 0 Å². The van der Waals surface area contributed by atoms with Crippen molar-refractivity contribution in [1.82, 2.24) is 10.3 Å².